The third-order valence-corrected chi connectivity index (χ3v) is 6.18. The van der Waals surface area contributed by atoms with E-state index in [1.54, 1.807) is 38.2 Å². The fourth-order valence-electron chi connectivity index (χ4n) is 2.60. The topological polar surface area (TPSA) is 79.4 Å². The zero-order chi connectivity index (χ0) is 21.2. The van der Waals surface area contributed by atoms with E-state index in [4.69, 9.17) is 23.2 Å². The van der Waals surface area contributed by atoms with Gasteiger partial charge < -0.3 is 4.90 Å². The first-order chi connectivity index (χ1) is 13.7. The monoisotopic (exact) mass is 449 g/mol. The Kier molecular flexibility index (Phi) is 6.12. The molecule has 3 rings (SSSR count). The maximum atomic E-state index is 13.0. The molecule has 0 radical (unpaired) electrons. The van der Waals surface area contributed by atoms with Crippen LogP contribution in [0.5, 0.6) is 0 Å². The van der Waals surface area contributed by atoms with Gasteiger partial charge in [0, 0.05) is 24.0 Å². The van der Waals surface area contributed by atoms with Crippen LogP contribution in [0, 0.1) is 6.92 Å². The van der Waals surface area contributed by atoms with Gasteiger partial charge in [0.05, 0.1) is 15.6 Å². The number of halogens is 2. The molecule has 0 fully saturated rings. The van der Waals surface area contributed by atoms with Crippen molar-refractivity contribution >= 4 is 50.5 Å². The van der Waals surface area contributed by atoms with Crippen LogP contribution in [0.15, 0.2) is 65.7 Å². The smallest absolute Gasteiger partial charge is 0.278 e. The molecule has 150 valence electrons. The van der Waals surface area contributed by atoms with Crippen LogP contribution in [0.3, 0.4) is 0 Å². The fourth-order valence-corrected chi connectivity index (χ4v) is 4.02. The van der Waals surface area contributed by atoms with E-state index in [1.807, 2.05) is 6.07 Å². The largest absolute Gasteiger partial charge is 0.310 e. The van der Waals surface area contributed by atoms with Crippen molar-refractivity contribution in [2.75, 3.05) is 16.7 Å². The summed E-state index contributed by atoms with van der Waals surface area (Å²) < 4.78 is 28.1. The van der Waals surface area contributed by atoms with Gasteiger partial charge in [-0.2, -0.15) is 0 Å². The molecule has 0 aliphatic carbocycles. The predicted octanol–water partition coefficient (Wildman–Crippen LogP) is 4.77. The molecule has 1 aromatic heterocycles. The van der Waals surface area contributed by atoms with Gasteiger partial charge >= 0.3 is 0 Å². The van der Waals surface area contributed by atoms with Gasteiger partial charge in [-0.05, 0) is 48.9 Å². The molecule has 1 heterocycles. The van der Waals surface area contributed by atoms with Gasteiger partial charge in [-0.1, -0.05) is 41.4 Å². The van der Waals surface area contributed by atoms with Gasteiger partial charge in [-0.15, -0.1) is 0 Å². The number of nitrogens with zero attached hydrogens (tertiary/aromatic N) is 2. The number of anilines is 2. The lowest BCUT2D eigenvalue weighted by atomic mass is 10.2. The lowest BCUT2D eigenvalue weighted by molar-refractivity contribution is 0.0989. The van der Waals surface area contributed by atoms with Crippen molar-refractivity contribution in [2.24, 2.45) is 0 Å². The number of hydrogen-bond acceptors (Lipinski definition) is 4. The number of carbonyl (C=O) groups is 1. The molecule has 0 bridgehead atoms. The molecule has 3 aromatic rings. The second-order valence-corrected chi connectivity index (χ2v) is 8.79. The molecule has 0 unspecified atom stereocenters. The SMILES string of the molecule is Cc1cc(S(=O)(=O)Nc2cc(Cl)cnc2C(=O)N(C)c2ccccc2)ccc1Cl. The van der Waals surface area contributed by atoms with E-state index in [2.05, 4.69) is 9.71 Å². The van der Waals surface area contributed by atoms with Crippen molar-refractivity contribution in [3.8, 4) is 0 Å². The number of sulfonamides is 1. The first-order valence-corrected chi connectivity index (χ1v) is 10.7. The molecule has 6 nitrogen and oxygen atoms in total. The predicted molar refractivity (Wildman–Crippen MR) is 115 cm³/mol. The van der Waals surface area contributed by atoms with Gasteiger partial charge in [0.15, 0.2) is 5.69 Å². The van der Waals surface area contributed by atoms with E-state index in [9.17, 15) is 13.2 Å². The Bertz CT molecular complexity index is 1170. The third kappa shape index (κ3) is 4.70. The molecule has 0 atom stereocenters. The van der Waals surface area contributed by atoms with Crippen molar-refractivity contribution in [2.45, 2.75) is 11.8 Å². The highest BCUT2D eigenvalue weighted by Crippen LogP contribution is 2.26. The number of benzene rings is 2. The highest BCUT2D eigenvalue weighted by atomic mass is 35.5. The third-order valence-electron chi connectivity index (χ3n) is 4.19. The Morgan fingerprint density at radius 3 is 2.41 bits per heavy atom. The number of para-hydroxylation sites is 1. The maximum absolute atomic E-state index is 13.0. The number of carbonyl (C=O) groups excluding carboxylic acids is 1. The molecule has 2 aromatic carbocycles. The number of amides is 1. The van der Waals surface area contributed by atoms with Crippen LogP contribution in [0.4, 0.5) is 11.4 Å². The summed E-state index contributed by atoms with van der Waals surface area (Å²) in [4.78, 5) is 18.4. The fraction of sp³-hybridized carbons (Fsp3) is 0.100. The summed E-state index contributed by atoms with van der Waals surface area (Å²) in [6, 6.07) is 14.6. The maximum Gasteiger partial charge on any atom is 0.278 e. The van der Waals surface area contributed by atoms with Crippen molar-refractivity contribution in [3.63, 3.8) is 0 Å². The van der Waals surface area contributed by atoms with Gasteiger partial charge in [0.1, 0.15) is 0 Å². The van der Waals surface area contributed by atoms with Crippen molar-refractivity contribution in [3.05, 3.63) is 82.1 Å². The van der Waals surface area contributed by atoms with E-state index < -0.39 is 15.9 Å². The molecule has 0 saturated heterocycles. The summed E-state index contributed by atoms with van der Waals surface area (Å²) in [5.74, 6) is -0.488. The van der Waals surface area contributed by atoms with Crippen molar-refractivity contribution in [1.29, 1.82) is 0 Å². The van der Waals surface area contributed by atoms with E-state index in [0.717, 1.165) is 0 Å². The second-order valence-electron chi connectivity index (χ2n) is 6.27. The minimum atomic E-state index is -3.99. The number of nitrogens with one attached hydrogen (secondary N) is 1. The Morgan fingerprint density at radius 2 is 1.76 bits per heavy atom. The Hall–Kier alpha value is -2.61. The quantitative estimate of drug-likeness (QED) is 0.607. The Morgan fingerprint density at radius 1 is 1.07 bits per heavy atom. The van der Waals surface area contributed by atoms with Gasteiger partial charge in [0.2, 0.25) is 0 Å². The zero-order valence-corrected chi connectivity index (χ0v) is 17.9. The summed E-state index contributed by atoms with van der Waals surface area (Å²) in [6.45, 7) is 1.70. The average molecular weight is 450 g/mol. The molecular formula is C20H17Cl2N3O3S. The lowest BCUT2D eigenvalue weighted by Crippen LogP contribution is -2.28. The van der Waals surface area contributed by atoms with Crippen LogP contribution < -0.4 is 9.62 Å². The summed E-state index contributed by atoms with van der Waals surface area (Å²) >= 11 is 12.0. The van der Waals surface area contributed by atoms with E-state index in [0.29, 0.717) is 16.3 Å². The molecule has 0 spiro atoms. The number of aromatic nitrogens is 1. The van der Waals surface area contributed by atoms with Crippen molar-refractivity contribution in [1.82, 2.24) is 4.98 Å². The van der Waals surface area contributed by atoms with Crippen LogP contribution in [0.25, 0.3) is 0 Å². The number of pyridine rings is 1. The molecule has 0 aliphatic heterocycles. The molecule has 1 N–H and O–H groups in total. The standard InChI is InChI=1S/C20H17Cl2N3O3S/c1-13-10-16(8-9-17(13)22)29(27,28)24-18-11-14(21)12-23-19(18)20(26)25(2)15-6-4-3-5-7-15/h3-12,24H,1-2H3. The highest BCUT2D eigenvalue weighted by Gasteiger charge is 2.23. The Balaban J connectivity index is 1.98. The van der Waals surface area contributed by atoms with E-state index >= 15 is 0 Å². The summed E-state index contributed by atoms with van der Waals surface area (Å²) in [5.41, 5.74) is 1.16. The Labute approximate surface area is 179 Å². The van der Waals surface area contributed by atoms with E-state index in [-0.39, 0.29) is 21.3 Å². The highest BCUT2D eigenvalue weighted by molar-refractivity contribution is 7.92. The molecule has 0 saturated carbocycles. The molecule has 1 amide bonds. The normalized spacial score (nSPS) is 11.2. The summed E-state index contributed by atoms with van der Waals surface area (Å²) in [6.07, 6.45) is 1.29. The first-order valence-electron chi connectivity index (χ1n) is 8.46. The summed E-state index contributed by atoms with van der Waals surface area (Å²) in [7, 11) is -2.42. The van der Waals surface area contributed by atoms with Crippen LogP contribution >= 0.6 is 23.2 Å². The molecule has 9 heteroatoms. The number of rotatable bonds is 5. The average Bonchev–Trinajstić information content (AvgIpc) is 2.69. The molecular weight excluding hydrogens is 433 g/mol. The zero-order valence-electron chi connectivity index (χ0n) is 15.6. The van der Waals surface area contributed by atoms with Crippen LogP contribution in [-0.2, 0) is 10.0 Å². The van der Waals surface area contributed by atoms with Crippen LogP contribution in [0.2, 0.25) is 10.0 Å². The number of hydrogen-bond donors (Lipinski definition) is 1. The molecule has 29 heavy (non-hydrogen) atoms. The van der Waals surface area contributed by atoms with Gasteiger partial charge in [-0.3, -0.25) is 9.52 Å². The summed E-state index contributed by atoms with van der Waals surface area (Å²) in [5, 5.41) is 0.641. The molecule has 0 aliphatic rings. The van der Waals surface area contributed by atoms with Crippen molar-refractivity contribution < 1.29 is 13.2 Å². The van der Waals surface area contributed by atoms with Crippen LogP contribution in [-0.4, -0.2) is 26.4 Å². The van der Waals surface area contributed by atoms with Gasteiger partial charge in [-0.25, -0.2) is 13.4 Å². The lowest BCUT2D eigenvalue weighted by Gasteiger charge is -2.19. The number of aryl methyl sites for hydroxylation is 1. The van der Waals surface area contributed by atoms with Gasteiger partial charge in [0.25, 0.3) is 15.9 Å². The second kappa shape index (κ2) is 8.41. The minimum absolute atomic E-state index is 0.00851. The minimum Gasteiger partial charge on any atom is -0.310 e. The first kappa shape index (κ1) is 21.1. The van der Waals surface area contributed by atoms with E-state index in [1.165, 1.54) is 35.4 Å². The van der Waals surface area contributed by atoms with Crippen LogP contribution in [0.1, 0.15) is 16.1 Å².